The van der Waals surface area contributed by atoms with E-state index in [2.05, 4.69) is 19.7 Å². The normalized spacial score (nSPS) is 11.6. The second-order valence-electron chi connectivity index (χ2n) is 3.47. The van der Waals surface area contributed by atoms with Crippen molar-refractivity contribution < 1.29 is 13.9 Å². The van der Waals surface area contributed by atoms with E-state index in [9.17, 15) is 0 Å². The molecule has 0 rings (SSSR count). The zero-order chi connectivity index (χ0) is 10.9. The van der Waals surface area contributed by atoms with Gasteiger partial charge in [0.15, 0.2) is 0 Å². The second-order valence-corrected chi connectivity index (χ2v) is 7.37. The van der Waals surface area contributed by atoms with Gasteiger partial charge in [-0.15, -0.1) is 6.58 Å². The third-order valence-corrected chi connectivity index (χ3v) is 3.70. The van der Waals surface area contributed by atoms with E-state index < -0.39 is 8.32 Å². The minimum Gasteiger partial charge on any atom is -0.411 e. The highest BCUT2D eigenvalue weighted by molar-refractivity contribution is 6.76. The van der Waals surface area contributed by atoms with E-state index in [0.717, 1.165) is 6.61 Å². The van der Waals surface area contributed by atoms with Crippen molar-refractivity contribution in [2.24, 2.45) is 0 Å². The smallest absolute Gasteiger partial charge is 0.210 e. The fourth-order valence-corrected chi connectivity index (χ4v) is 1.51. The molecule has 84 valence electrons. The van der Waals surface area contributed by atoms with Gasteiger partial charge in [-0.2, -0.15) is 0 Å². The van der Waals surface area contributed by atoms with E-state index in [0.29, 0.717) is 26.4 Å². The van der Waals surface area contributed by atoms with Gasteiger partial charge >= 0.3 is 0 Å². The summed E-state index contributed by atoms with van der Waals surface area (Å²) in [4.78, 5) is 0. The zero-order valence-electron chi connectivity index (χ0n) is 9.54. The molecule has 0 N–H and O–H groups in total. The van der Waals surface area contributed by atoms with Crippen LogP contribution in [0, 0.1) is 0 Å². The van der Waals surface area contributed by atoms with Crippen LogP contribution >= 0.6 is 0 Å². The Morgan fingerprint density at radius 1 is 1.07 bits per heavy atom. The largest absolute Gasteiger partial charge is 0.411 e. The number of rotatable bonds is 9. The monoisotopic (exact) mass is 218 g/mol. The summed E-state index contributed by atoms with van der Waals surface area (Å²) in [5, 5.41) is 0. The van der Waals surface area contributed by atoms with Crippen LogP contribution in [0.2, 0.25) is 13.1 Å². The van der Waals surface area contributed by atoms with Gasteiger partial charge in [-0.05, 0) is 20.0 Å². The summed E-state index contributed by atoms with van der Waals surface area (Å²) in [7, 11) is -1.60. The van der Waals surface area contributed by atoms with Crippen LogP contribution in [0.3, 0.4) is 0 Å². The molecule has 0 aromatic heterocycles. The van der Waals surface area contributed by atoms with Crippen LogP contribution in [0.25, 0.3) is 0 Å². The van der Waals surface area contributed by atoms with Crippen molar-refractivity contribution in [2.45, 2.75) is 20.0 Å². The highest BCUT2D eigenvalue weighted by atomic mass is 28.4. The summed E-state index contributed by atoms with van der Waals surface area (Å²) in [5.74, 6) is 0. The first kappa shape index (κ1) is 13.8. The van der Waals surface area contributed by atoms with Gasteiger partial charge in [0, 0.05) is 6.61 Å². The summed E-state index contributed by atoms with van der Waals surface area (Å²) in [5.41, 5.74) is 1.92. The maximum absolute atomic E-state index is 5.64. The Hall–Kier alpha value is -0.163. The third kappa shape index (κ3) is 8.44. The molecule has 0 atom stereocenters. The van der Waals surface area contributed by atoms with Crippen molar-refractivity contribution in [3.05, 3.63) is 12.3 Å². The second kappa shape index (κ2) is 8.17. The van der Waals surface area contributed by atoms with Gasteiger partial charge in [-0.3, -0.25) is 0 Å². The van der Waals surface area contributed by atoms with Gasteiger partial charge in [0.1, 0.15) is 0 Å². The standard InChI is InChI=1S/C10H22O3Si/c1-5-11-7-8-12-9-10-13-14(3,4)6-2/h6H,2,5,7-10H2,1,3-4H3. The number of ether oxygens (including phenoxy) is 2. The summed E-state index contributed by atoms with van der Waals surface area (Å²) < 4.78 is 16.1. The van der Waals surface area contributed by atoms with Crippen LogP contribution in [0.5, 0.6) is 0 Å². The highest BCUT2D eigenvalue weighted by Crippen LogP contribution is 2.03. The molecule has 3 nitrogen and oxygen atoms in total. The lowest BCUT2D eigenvalue weighted by Gasteiger charge is -2.17. The van der Waals surface area contributed by atoms with Crippen molar-refractivity contribution in [3.8, 4) is 0 Å². The predicted octanol–water partition coefficient (Wildman–Crippen LogP) is 1.99. The fourth-order valence-electron chi connectivity index (χ4n) is 0.787. The minimum absolute atomic E-state index is 0.636. The maximum Gasteiger partial charge on any atom is 0.210 e. The molecular formula is C10H22O3Si. The molecule has 0 unspecified atom stereocenters. The zero-order valence-corrected chi connectivity index (χ0v) is 10.5. The molecule has 0 aromatic carbocycles. The molecule has 0 aromatic rings. The van der Waals surface area contributed by atoms with Crippen LogP contribution in [0.1, 0.15) is 6.92 Å². The van der Waals surface area contributed by atoms with E-state index in [1.54, 1.807) is 0 Å². The average Bonchev–Trinajstić information content (AvgIpc) is 2.16. The first-order valence-corrected chi connectivity index (χ1v) is 8.04. The van der Waals surface area contributed by atoms with Crippen LogP contribution < -0.4 is 0 Å². The lowest BCUT2D eigenvalue weighted by Crippen LogP contribution is -2.29. The molecule has 0 radical (unpaired) electrons. The van der Waals surface area contributed by atoms with E-state index in [1.807, 2.05) is 12.6 Å². The van der Waals surface area contributed by atoms with E-state index in [-0.39, 0.29) is 0 Å². The molecule has 0 saturated carbocycles. The molecule has 0 fully saturated rings. The van der Waals surface area contributed by atoms with Crippen molar-refractivity contribution in [3.63, 3.8) is 0 Å². The van der Waals surface area contributed by atoms with Crippen LogP contribution in [0.15, 0.2) is 12.3 Å². The number of hydrogen-bond acceptors (Lipinski definition) is 3. The van der Waals surface area contributed by atoms with Gasteiger partial charge < -0.3 is 13.9 Å². The van der Waals surface area contributed by atoms with Crippen LogP contribution in [-0.2, 0) is 13.9 Å². The van der Waals surface area contributed by atoms with Gasteiger partial charge in [0.25, 0.3) is 0 Å². The van der Waals surface area contributed by atoms with Gasteiger partial charge in [-0.1, -0.05) is 5.70 Å². The maximum atomic E-state index is 5.64. The third-order valence-electron chi connectivity index (χ3n) is 1.77. The van der Waals surface area contributed by atoms with E-state index in [1.165, 1.54) is 0 Å². The molecule has 0 spiro atoms. The molecule has 4 heteroatoms. The summed E-state index contributed by atoms with van der Waals surface area (Å²) >= 11 is 0. The van der Waals surface area contributed by atoms with Crippen molar-refractivity contribution in [2.75, 3.05) is 33.0 Å². The molecule has 0 heterocycles. The molecule has 0 bridgehead atoms. The lowest BCUT2D eigenvalue weighted by atomic mass is 10.7. The molecule has 0 saturated heterocycles. The Kier molecular flexibility index (Phi) is 8.08. The van der Waals surface area contributed by atoms with E-state index >= 15 is 0 Å². The topological polar surface area (TPSA) is 27.7 Å². The quantitative estimate of drug-likeness (QED) is 0.437. The molecule has 0 aliphatic rings. The minimum atomic E-state index is -1.60. The van der Waals surface area contributed by atoms with Crippen molar-refractivity contribution in [1.29, 1.82) is 0 Å². The van der Waals surface area contributed by atoms with Crippen LogP contribution in [0.4, 0.5) is 0 Å². The summed E-state index contributed by atoms with van der Waals surface area (Å²) in [6.07, 6.45) is 0. The van der Waals surface area contributed by atoms with Gasteiger partial charge in [0.2, 0.25) is 8.32 Å². The predicted molar refractivity (Wildman–Crippen MR) is 60.9 cm³/mol. The van der Waals surface area contributed by atoms with Crippen LogP contribution in [-0.4, -0.2) is 41.4 Å². The summed E-state index contributed by atoms with van der Waals surface area (Å²) in [6.45, 7) is 13.3. The van der Waals surface area contributed by atoms with Crippen molar-refractivity contribution >= 4 is 8.32 Å². The Bertz CT molecular complexity index is 148. The van der Waals surface area contributed by atoms with Crippen molar-refractivity contribution in [1.82, 2.24) is 0 Å². The molecule has 0 amide bonds. The molecular weight excluding hydrogens is 196 g/mol. The molecule has 0 aliphatic carbocycles. The fraction of sp³-hybridized carbons (Fsp3) is 0.800. The molecule has 0 aliphatic heterocycles. The first-order valence-electron chi connectivity index (χ1n) is 5.05. The average molecular weight is 218 g/mol. The first-order chi connectivity index (χ1) is 6.62. The Balaban J connectivity index is 3.17. The van der Waals surface area contributed by atoms with E-state index in [4.69, 9.17) is 13.9 Å². The van der Waals surface area contributed by atoms with Gasteiger partial charge in [-0.25, -0.2) is 0 Å². The highest BCUT2D eigenvalue weighted by Gasteiger charge is 2.16. The molecule has 14 heavy (non-hydrogen) atoms. The SMILES string of the molecule is C=C[Si](C)(C)OCCOCCOCC. The number of hydrogen-bond donors (Lipinski definition) is 0. The van der Waals surface area contributed by atoms with Gasteiger partial charge in [0.05, 0.1) is 26.4 Å². The Morgan fingerprint density at radius 3 is 2.21 bits per heavy atom. The lowest BCUT2D eigenvalue weighted by molar-refractivity contribution is 0.0397. The Labute approximate surface area is 88.2 Å². The Morgan fingerprint density at radius 2 is 1.64 bits per heavy atom. The summed E-state index contributed by atoms with van der Waals surface area (Å²) in [6, 6.07) is 0.